The molecule has 3 aliphatic rings. The van der Waals surface area contributed by atoms with Crippen LogP contribution in [0, 0.1) is 0 Å². The van der Waals surface area contributed by atoms with Gasteiger partial charge in [0.05, 0.1) is 0 Å². The first-order chi connectivity index (χ1) is 8.88. The van der Waals surface area contributed by atoms with E-state index in [-0.39, 0.29) is 24.8 Å². The Morgan fingerprint density at radius 1 is 0.571 bits per heavy atom. The van der Waals surface area contributed by atoms with Crippen molar-refractivity contribution in [1.29, 1.82) is 0 Å². The van der Waals surface area contributed by atoms with Crippen LogP contribution in [0.5, 0.6) is 0 Å². The standard InChI is InChI=1S/2C8H11.C2H4.2ClH.Hf/c2*1-6-4-5-7(2)8(6)3;1-2;;;/h2*4H2,1-3H3;1-2H2;2*1H;/q;;;;;+2/p-2. The van der Waals surface area contributed by atoms with Crippen molar-refractivity contribution < 1.29 is 44.8 Å². The molecular formula is C18H26Cl2Hf. The molecule has 0 aromatic rings. The quantitative estimate of drug-likeness (QED) is 0.478. The van der Waals surface area contributed by atoms with E-state index in [4.69, 9.17) is 0 Å². The molecule has 2 aliphatic carbocycles. The van der Waals surface area contributed by atoms with Gasteiger partial charge in [-0.3, -0.25) is 0 Å². The van der Waals surface area contributed by atoms with Gasteiger partial charge >= 0.3 is 123 Å². The van der Waals surface area contributed by atoms with Crippen LogP contribution in [0.2, 0.25) is 8.35 Å². The SMILES string of the molecule is CC1=C(C)C(C)=[C]([Hf+2]2([C]3=C(C)C(C)=C(C)C3)[CH2][CH2]2)C1.[Cl-].[Cl-]. The molecule has 0 nitrogen and oxygen atoms in total. The Morgan fingerprint density at radius 3 is 1.10 bits per heavy atom. The third-order valence-electron chi connectivity index (χ3n) is 6.10. The molecule has 21 heavy (non-hydrogen) atoms. The van der Waals surface area contributed by atoms with Crippen molar-refractivity contribution in [2.45, 2.75) is 62.7 Å². The Kier molecular flexibility index (Phi) is 6.02. The van der Waals surface area contributed by atoms with Gasteiger partial charge < -0.3 is 24.8 Å². The summed E-state index contributed by atoms with van der Waals surface area (Å²) < 4.78 is 7.15. The normalized spacial score (nSPS) is 22.2. The Bertz CT molecular complexity index is 549. The Hall–Kier alpha value is 0.410. The van der Waals surface area contributed by atoms with Crippen LogP contribution in [0.3, 0.4) is 0 Å². The van der Waals surface area contributed by atoms with Crippen molar-refractivity contribution in [1.82, 2.24) is 0 Å². The van der Waals surface area contributed by atoms with E-state index in [1.54, 1.807) is 41.8 Å². The van der Waals surface area contributed by atoms with Crippen molar-refractivity contribution >= 4 is 0 Å². The molecule has 0 N–H and O–H groups in total. The molecule has 3 rings (SSSR count). The fraction of sp³-hybridized carbons (Fsp3) is 0.556. The third-order valence-corrected chi connectivity index (χ3v) is 23.8. The largest absolute Gasteiger partial charge is 1.00 e. The molecule has 0 atom stereocenters. The minimum atomic E-state index is -2.20. The number of halogens is 2. The second kappa shape index (κ2) is 6.49. The van der Waals surface area contributed by atoms with Gasteiger partial charge in [-0.25, -0.2) is 0 Å². The maximum absolute atomic E-state index is 2.40. The number of hydrogen-bond donors (Lipinski definition) is 0. The zero-order valence-corrected chi connectivity index (χ0v) is 19.2. The summed E-state index contributed by atoms with van der Waals surface area (Å²) in [6, 6.07) is 0. The molecule has 0 bridgehead atoms. The Balaban J connectivity index is 0.00000110. The van der Waals surface area contributed by atoms with Crippen LogP contribution in [-0.2, 0) is 20.0 Å². The van der Waals surface area contributed by atoms with E-state index in [0.717, 1.165) is 0 Å². The second-order valence-corrected chi connectivity index (χ2v) is 22.7. The van der Waals surface area contributed by atoms with E-state index in [2.05, 4.69) is 41.5 Å². The van der Waals surface area contributed by atoms with Crippen molar-refractivity contribution in [3.05, 3.63) is 40.1 Å². The van der Waals surface area contributed by atoms with Crippen LogP contribution in [0.4, 0.5) is 0 Å². The fourth-order valence-corrected chi connectivity index (χ4v) is 28.9. The minimum Gasteiger partial charge on any atom is -1.00 e. The van der Waals surface area contributed by atoms with Crippen molar-refractivity contribution in [2.24, 2.45) is 0 Å². The molecule has 116 valence electrons. The van der Waals surface area contributed by atoms with E-state index < -0.39 is 20.0 Å². The first-order valence-corrected chi connectivity index (χ1v) is 16.3. The summed E-state index contributed by atoms with van der Waals surface area (Å²) >= 11 is -2.20. The van der Waals surface area contributed by atoms with Gasteiger partial charge in [0.2, 0.25) is 0 Å². The summed E-state index contributed by atoms with van der Waals surface area (Å²) in [4.78, 5) is 0. The smallest absolute Gasteiger partial charge is 1.00 e. The number of rotatable bonds is 2. The molecule has 0 amide bonds. The summed E-state index contributed by atoms with van der Waals surface area (Å²) in [7, 11) is 0. The van der Waals surface area contributed by atoms with Crippen LogP contribution < -0.4 is 24.8 Å². The summed E-state index contributed by atoms with van der Waals surface area (Å²) in [5.74, 6) is 0. The van der Waals surface area contributed by atoms with E-state index in [1.165, 1.54) is 12.8 Å². The minimum absolute atomic E-state index is 0. The first kappa shape index (κ1) is 19.5. The van der Waals surface area contributed by atoms with Gasteiger partial charge in [-0.15, -0.1) is 0 Å². The number of allylic oxidation sites excluding steroid dienone is 8. The van der Waals surface area contributed by atoms with Crippen LogP contribution in [-0.4, -0.2) is 0 Å². The van der Waals surface area contributed by atoms with Gasteiger partial charge in [-0.05, 0) is 0 Å². The van der Waals surface area contributed by atoms with Gasteiger partial charge in [-0.2, -0.15) is 0 Å². The molecule has 0 spiro atoms. The van der Waals surface area contributed by atoms with Crippen LogP contribution >= 0.6 is 0 Å². The van der Waals surface area contributed by atoms with E-state index in [0.29, 0.717) is 0 Å². The van der Waals surface area contributed by atoms with Crippen molar-refractivity contribution in [2.75, 3.05) is 0 Å². The Morgan fingerprint density at radius 2 is 0.905 bits per heavy atom. The van der Waals surface area contributed by atoms with Crippen LogP contribution in [0.1, 0.15) is 54.4 Å². The van der Waals surface area contributed by atoms with Gasteiger partial charge in [0.25, 0.3) is 0 Å². The predicted molar refractivity (Wildman–Crippen MR) is 81.0 cm³/mol. The molecule has 1 heterocycles. The summed E-state index contributed by atoms with van der Waals surface area (Å²) in [6.07, 6.45) is 2.65. The molecular weight excluding hydrogens is 466 g/mol. The maximum atomic E-state index is 2.40. The van der Waals surface area contributed by atoms with Gasteiger partial charge in [0, 0.05) is 0 Å². The van der Waals surface area contributed by atoms with E-state index in [1.807, 2.05) is 6.66 Å². The van der Waals surface area contributed by atoms with Crippen molar-refractivity contribution in [3.63, 3.8) is 0 Å². The van der Waals surface area contributed by atoms with Gasteiger partial charge in [0.1, 0.15) is 0 Å². The fourth-order valence-electron chi connectivity index (χ4n) is 4.12. The van der Waals surface area contributed by atoms with Gasteiger partial charge in [0.15, 0.2) is 0 Å². The number of hydrogen-bond acceptors (Lipinski definition) is 0. The second-order valence-electron chi connectivity index (χ2n) is 6.95. The van der Waals surface area contributed by atoms with Gasteiger partial charge in [-0.1, -0.05) is 0 Å². The van der Waals surface area contributed by atoms with Crippen LogP contribution in [0.25, 0.3) is 0 Å². The summed E-state index contributed by atoms with van der Waals surface area (Å²) in [5, 5.41) is 0. The zero-order chi connectivity index (χ0) is 13.9. The summed E-state index contributed by atoms with van der Waals surface area (Å²) in [5.41, 5.74) is 9.91. The first-order valence-electron chi connectivity index (χ1n) is 7.62. The predicted octanol–water partition coefficient (Wildman–Crippen LogP) is 0.0267. The maximum Gasteiger partial charge on any atom is -1.00 e. The molecule has 0 saturated carbocycles. The molecule has 1 fully saturated rings. The molecule has 3 heteroatoms. The molecule has 1 aliphatic heterocycles. The topological polar surface area (TPSA) is 0 Å². The Labute approximate surface area is 147 Å². The molecule has 0 aromatic heterocycles. The summed E-state index contributed by atoms with van der Waals surface area (Å²) in [6.45, 7) is 14.2. The third kappa shape index (κ3) is 2.83. The van der Waals surface area contributed by atoms with E-state index >= 15 is 0 Å². The van der Waals surface area contributed by atoms with Crippen LogP contribution in [0.15, 0.2) is 40.1 Å². The molecule has 1 saturated heterocycles. The molecule has 0 unspecified atom stereocenters. The van der Waals surface area contributed by atoms with Crippen molar-refractivity contribution in [3.8, 4) is 0 Å². The average molecular weight is 492 g/mol. The zero-order valence-electron chi connectivity index (χ0n) is 14.1. The van der Waals surface area contributed by atoms with E-state index in [9.17, 15) is 0 Å². The molecule has 0 aromatic carbocycles. The average Bonchev–Trinajstić information content (AvgIpc) is 3.09. The molecule has 0 radical (unpaired) electrons. The monoisotopic (exact) mass is 492 g/mol.